The first-order valence-corrected chi connectivity index (χ1v) is 11.4. The average molecular weight is 478 g/mol. The lowest BCUT2D eigenvalue weighted by Gasteiger charge is -2.24. The highest BCUT2D eigenvalue weighted by Crippen LogP contribution is 2.37. The summed E-state index contributed by atoms with van der Waals surface area (Å²) < 4.78 is 33.9. The van der Waals surface area contributed by atoms with Crippen molar-refractivity contribution >= 4 is 17.6 Å². The molecular weight excluding hydrogens is 442 g/mol. The zero-order valence-electron chi connectivity index (χ0n) is 20.9. The summed E-state index contributed by atoms with van der Waals surface area (Å²) in [5.74, 6) is -1.29. The van der Waals surface area contributed by atoms with Crippen molar-refractivity contribution in [1.29, 1.82) is 0 Å². The van der Waals surface area contributed by atoms with Crippen molar-refractivity contribution in [2.45, 2.75) is 65.1 Å². The Morgan fingerprint density at radius 3 is 2.44 bits per heavy atom. The van der Waals surface area contributed by atoms with Gasteiger partial charge in [0.2, 0.25) is 5.91 Å². The summed E-state index contributed by atoms with van der Waals surface area (Å²) in [6.45, 7) is 9.38. The predicted octanol–water partition coefficient (Wildman–Crippen LogP) is 3.91. The molecule has 0 radical (unpaired) electrons. The molecule has 188 valence electrons. The summed E-state index contributed by atoms with van der Waals surface area (Å²) in [5, 5.41) is 2.82. The number of anilines is 1. The molecule has 1 aromatic carbocycles. The van der Waals surface area contributed by atoms with Crippen LogP contribution in [0.5, 0.6) is 11.5 Å². The number of nitrogens with one attached hydrogen (secondary N) is 1. The van der Waals surface area contributed by atoms with Crippen LogP contribution in [0.15, 0.2) is 24.3 Å². The van der Waals surface area contributed by atoms with Crippen molar-refractivity contribution in [1.82, 2.24) is 0 Å². The number of cyclic esters (lactones) is 1. The van der Waals surface area contributed by atoms with E-state index in [4.69, 9.17) is 28.4 Å². The minimum atomic E-state index is -0.814. The van der Waals surface area contributed by atoms with Gasteiger partial charge in [-0.1, -0.05) is 26.0 Å². The van der Waals surface area contributed by atoms with Gasteiger partial charge >= 0.3 is 5.97 Å². The maximum Gasteiger partial charge on any atom is 0.344 e. The molecule has 2 heterocycles. The number of hydrogen-bond acceptors (Lipinski definition) is 8. The number of amides is 1. The second-order valence-corrected chi connectivity index (χ2v) is 9.20. The van der Waals surface area contributed by atoms with Gasteiger partial charge in [-0.3, -0.25) is 4.79 Å². The topological polar surface area (TPSA) is 102 Å². The fourth-order valence-corrected chi connectivity index (χ4v) is 4.06. The Balaban J connectivity index is 2.05. The number of methoxy groups -OCH3 is 2. The smallest absolute Gasteiger partial charge is 0.344 e. The molecule has 2 aliphatic heterocycles. The molecule has 0 aromatic heterocycles. The van der Waals surface area contributed by atoms with Gasteiger partial charge < -0.3 is 33.7 Å². The third kappa shape index (κ3) is 6.08. The van der Waals surface area contributed by atoms with E-state index in [0.29, 0.717) is 5.75 Å². The van der Waals surface area contributed by atoms with Gasteiger partial charge in [-0.05, 0) is 20.8 Å². The van der Waals surface area contributed by atoms with Crippen LogP contribution in [0.3, 0.4) is 0 Å². The summed E-state index contributed by atoms with van der Waals surface area (Å²) in [6, 6.07) is 3.11. The van der Waals surface area contributed by atoms with Crippen LogP contribution in [0.1, 0.15) is 51.4 Å². The molecule has 1 saturated heterocycles. The number of carbonyl (C=O) groups is 2. The maximum absolute atomic E-state index is 13.2. The number of benzene rings is 1. The van der Waals surface area contributed by atoms with E-state index in [-0.39, 0.29) is 54.1 Å². The third-order valence-corrected chi connectivity index (χ3v) is 6.00. The summed E-state index contributed by atoms with van der Waals surface area (Å²) in [5.41, 5.74) is 0.302. The number of esters is 1. The quantitative estimate of drug-likeness (QED) is 0.396. The van der Waals surface area contributed by atoms with E-state index in [1.165, 1.54) is 14.2 Å². The van der Waals surface area contributed by atoms with Gasteiger partial charge in [-0.15, -0.1) is 0 Å². The van der Waals surface area contributed by atoms with Gasteiger partial charge in [-0.2, -0.15) is 0 Å². The Labute approximate surface area is 200 Å². The predicted molar refractivity (Wildman–Crippen MR) is 125 cm³/mol. The molecule has 0 aliphatic carbocycles. The van der Waals surface area contributed by atoms with Crippen LogP contribution in [0.4, 0.5) is 5.69 Å². The minimum Gasteiger partial charge on any atom is -0.497 e. The van der Waals surface area contributed by atoms with Crippen LogP contribution < -0.4 is 14.8 Å². The zero-order valence-corrected chi connectivity index (χ0v) is 20.9. The summed E-state index contributed by atoms with van der Waals surface area (Å²) in [6.07, 6.45) is 2.85. The van der Waals surface area contributed by atoms with E-state index in [9.17, 15) is 9.59 Å². The summed E-state index contributed by atoms with van der Waals surface area (Å²) >= 11 is 0. The minimum absolute atomic E-state index is 0.0192. The van der Waals surface area contributed by atoms with Gasteiger partial charge in [0.15, 0.2) is 12.6 Å². The molecule has 1 aromatic rings. The molecule has 1 N–H and O–H groups in total. The number of ether oxygens (including phenoxy) is 6. The van der Waals surface area contributed by atoms with Crippen molar-refractivity contribution in [3.8, 4) is 11.5 Å². The number of fused-ring (bicyclic) bond motifs is 2. The molecule has 3 rings (SSSR count). The lowest BCUT2D eigenvalue weighted by atomic mass is 9.94. The fourth-order valence-electron chi connectivity index (χ4n) is 4.06. The molecule has 9 nitrogen and oxygen atoms in total. The van der Waals surface area contributed by atoms with Gasteiger partial charge in [-0.25, -0.2) is 4.79 Å². The maximum atomic E-state index is 13.2. The molecule has 0 saturated carbocycles. The first-order chi connectivity index (χ1) is 16.0. The largest absolute Gasteiger partial charge is 0.497 e. The van der Waals surface area contributed by atoms with Crippen LogP contribution in [-0.4, -0.2) is 57.0 Å². The molecule has 1 unspecified atom stereocenters. The Morgan fingerprint density at radius 1 is 1.06 bits per heavy atom. The van der Waals surface area contributed by atoms with Crippen molar-refractivity contribution < 1.29 is 38.0 Å². The lowest BCUT2D eigenvalue weighted by Crippen LogP contribution is -2.33. The second kappa shape index (κ2) is 10.8. The van der Waals surface area contributed by atoms with Crippen LogP contribution >= 0.6 is 0 Å². The molecule has 0 spiro atoms. The number of hydrogen-bond donors (Lipinski definition) is 1. The molecule has 9 heteroatoms. The molecule has 1 amide bonds. The fraction of sp³-hybridized carbons (Fsp3) is 0.600. The van der Waals surface area contributed by atoms with E-state index < -0.39 is 24.0 Å². The highest BCUT2D eigenvalue weighted by atomic mass is 16.8. The van der Waals surface area contributed by atoms with Crippen molar-refractivity contribution in [3.63, 3.8) is 0 Å². The Hall–Kier alpha value is -2.62. The molecule has 2 aliphatic rings. The third-order valence-electron chi connectivity index (χ3n) is 6.00. The first kappa shape index (κ1) is 26.0. The average Bonchev–Trinajstić information content (AvgIpc) is 3.08. The molecule has 1 fully saturated rings. The normalized spacial score (nSPS) is 30.3. The van der Waals surface area contributed by atoms with Crippen LogP contribution in [0.25, 0.3) is 0 Å². The molecule has 0 bridgehead atoms. The van der Waals surface area contributed by atoms with Gasteiger partial charge in [0.05, 0.1) is 31.4 Å². The van der Waals surface area contributed by atoms with Crippen LogP contribution in [-0.2, 0) is 23.7 Å². The lowest BCUT2D eigenvalue weighted by molar-refractivity contribution is -0.150. The van der Waals surface area contributed by atoms with Crippen molar-refractivity contribution in [2.24, 2.45) is 11.8 Å². The van der Waals surface area contributed by atoms with E-state index in [1.54, 1.807) is 12.1 Å². The van der Waals surface area contributed by atoms with E-state index in [0.717, 1.165) is 0 Å². The Bertz CT molecular complexity index is 928. The van der Waals surface area contributed by atoms with Crippen LogP contribution in [0, 0.1) is 11.8 Å². The first-order valence-electron chi connectivity index (χ1n) is 11.4. The van der Waals surface area contributed by atoms with Crippen molar-refractivity contribution in [2.75, 3.05) is 26.3 Å². The number of rotatable bonds is 4. The zero-order chi connectivity index (χ0) is 25.0. The molecule has 34 heavy (non-hydrogen) atoms. The summed E-state index contributed by atoms with van der Waals surface area (Å²) in [4.78, 5) is 26.4. The SMILES string of the molecule is COCOc1cc(OC)cc2c1C(=O)O[C@@H](C)[C@H](C)/C=C\C(C)[C@H]1OC(C)(C)O[C@@H]1CC(=O)N2. The highest BCUT2D eigenvalue weighted by Gasteiger charge is 2.44. The standard InChI is InChI=1S/C25H35NO8/c1-14-8-9-15(2)23-20(33-25(4,5)34-23)12-21(27)26-18-10-17(30-7)11-19(31-13-29-6)22(18)24(28)32-16(14)3/h8-11,14-16,20,23H,12-13H2,1-7H3,(H,26,27)/b9-8-/t14-,15?,16+,20-,23-/m1/s1. The van der Waals surface area contributed by atoms with E-state index >= 15 is 0 Å². The highest BCUT2D eigenvalue weighted by molar-refractivity contribution is 6.04. The second-order valence-electron chi connectivity index (χ2n) is 9.20. The van der Waals surface area contributed by atoms with E-state index in [1.807, 2.05) is 46.8 Å². The molecule has 5 atom stereocenters. The van der Waals surface area contributed by atoms with Gasteiger partial charge in [0.1, 0.15) is 23.2 Å². The van der Waals surface area contributed by atoms with Gasteiger partial charge in [0.25, 0.3) is 0 Å². The Kier molecular flexibility index (Phi) is 8.22. The monoisotopic (exact) mass is 477 g/mol. The van der Waals surface area contributed by atoms with Crippen molar-refractivity contribution in [3.05, 3.63) is 29.8 Å². The summed E-state index contributed by atoms with van der Waals surface area (Å²) in [7, 11) is 2.96. The van der Waals surface area contributed by atoms with Crippen LogP contribution in [0.2, 0.25) is 0 Å². The molecular formula is C25H35NO8. The van der Waals surface area contributed by atoms with E-state index in [2.05, 4.69) is 5.32 Å². The van der Waals surface area contributed by atoms with Gasteiger partial charge in [0, 0.05) is 31.1 Å². The Morgan fingerprint density at radius 2 is 1.76 bits per heavy atom. The number of carbonyl (C=O) groups excluding carboxylic acids is 2.